The third kappa shape index (κ3) is 3.70. The van der Waals surface area contributed by atoms with Crippen LogP contribution in [0.25, 0.3) is 0 Å². The zero-order valence-corrected chi connectivity index (χ0v) is 14.4. The number of aliphatic imine (C=N–C) groups is 1. The van der Waals surface area contributed by atoms with Crippen LogP contribution >= 0.6 is 0 Å². The minimum atomic E-state index is -0.326. The molecule has 0 aromatic heterocycles. The Morgan fingerprint density at radius 2 is 1.33 bits per heavy atom. The Balaban J connectivity index is 1.78. The Hall–Kier alpha value is -2.49. The summed E-state index contributed by atoms with van der Waals surface area (Å²) in [4.78, 5) is 4.49. The van der Waals surface area contributed by atoms with Crippen molar-refractivity contribution in [2.24, 2.45) is 4.99 Å². The first kappa shape index (κ1) is 16.4. The number of benzene rings is 2. The van der Waals surface area contributed by atoms with E-state index in [1.165, 1.54) is 11.1 Å². The lowest BCUT2D eigenvalue weighted by Crippen LogP contribution is -2.38. The van der Waals surface area contributed by atoms with E-state index in [9.17, 15) is 0 Å². The molecule has 3 rings (SSSR count). The summed E-state index contributed by atoms with van der Waals surface area (Å²) in [6.45, 7) is 2.60. The quantitative estimate of drug-likeness (QED) is 0.813. The lowest BCUT2D eigenvalue weighted by atomic mass is 9.88. The first-order valence-electron chi connectivity index (χ1n) is 8.08. The van der Waals surface area contributed by atoms with E-state index in [-0.39, 0.29) is 5.60 Å². The van der Waals surface area contributed by atoms with E-state index in [0.717, 1.165) is 30.2 Å². The van der Waals surface area contributed by atoms with Crippen LogP contribution in [0, 0.1) is 0 Å². The van der Waals surface area contributed by atoms with Gasteiger partial charge in [-0.05, 0) is 35.4 Å². The fraction of sp³-hybridized carbons (Fsp3) is 0.350. The maximum absolute atomic E-state index is 6.16. The monoisotopic (exact) mass is 325 g/mol. The average molecular weight is 325 g/mol. The molecule has 0 aliphatic carbocycles. The first-order valence-corrected chi connectivity index (χ1v) is 8.08. The Labute approximate surface area is 143 Å². The molecule has 24 heavy (non-hydrogen) atoms. The van der Waals surface area contributed by atoms with Gasteiger partial charge in [0.2, 0.25) is 0 Å². The summed E-state index contributed by atoms with van der Waals surface area (Å²) in [6.07, 6.45) is 1.62. The number of methoxy groups -OCH3 is 2. The molecule has 0 spiro atoms. The van der Waals surface area contributed by atoms with Crippen molar-refractivity contribution in [2.45, 2.75) is 25.4 Å². The Morgan fingerprint density at radius 3 is 1.67 bits per heavy atom. The van der Waals surface area contributed by atoms with E-state index >= 15 is 0 Å². The van der Waals surface area contributed by atoms with Crippen molar-refractivity contribution < 1.29 is 14.2 Å². The molecule has 126 valence electrons. The molecule has 2 aromatic rings. The topological polar surface area (TPSA) is 40.0 Å². The van der Waals surface area contributed by atoms with E-state index in [2.05, 4.69) is 29.3 Å². The average Bonchev–Trinajstić information content (AvgIpc) is 2.96. The van der Waals surface area contributed by atoms with E-state index in [1.807, 2.05) is 31.2 Å². The van der Waals surface area contributed by atoms with E-state index in [0.29, 0.717) is 6.54 Å². The molecular weight excluding hydrogens is 302 g/mol. The molecule has 0 radical (unpaired) electrons. The fourth-order valence-electron chi connectivity index (χ4n) is 3.11. The summed E-state index contributed by atoms with van der Waals surface area (Å²) >= 11 is 0. The van der Waals surface area contributed by atoms with Gasteiger partial charge in [-0.2, -0.15) is 0 Å². The third-order valence-corrected chi connectivity index (χ3v) is 4.32. The molecule has 0 bridgehead atoms. The van der Waals surface area contributed by atoms with Crippen LogP contribution in [0.15, 0.2) is 53.5 Å². The van der Waals surface area contributed by atoms with Crippen LogP contribution in [0.4, 0.5) is 0 Å². The Morgan fingerprint density at radius 1 is 0.875 bits per heavy atom. The van der Waals surface area contributed by atoms with Crippen molar-refractivity contribution in [3.8, 4) is 11.5 Å². The molecular formula is C20H23NO3. The van der Waals surface area contributed by atoms with Crippen LogP contribution in [0.2, 0.25) is 0 Å². The normalized spacial score (nSPS) is 15.5. The standard InChI is InChI=1S/C20H23NO3/c1-15-21-14-20(24-15,12-16-4-8-18(22-2)9-5-16)13-17-6-10-19(23-3)11-7-17/h4-11H,12-14H2,1-3H3. The molecule has 0 N–H and O–H groups in total. The van der Waals surface area contributed by atoms with Gasteiger partial charge in [0.15, 0.2) is 5.90 Å². The number of ether oxygens (including phenoxy) is 3. The highest BCUT2D eigenvalue weighted by Gasteiger charge is 2.37. The summed E-state index contributed by atoms with van der Waals surface area (Å²) in [6, 6.07) is 16.3. The van der Waals surface area contributed by atoms with Crippen LogP contribution in [-0.4, -0.2) is 32.3 Å². The molecule has 0 saturated carbocycles. The van der Waals surface area contributed by atoms with Crippen molar-refractivity contribution in [2.75, 3.05) is 20.8 Å². The minimum Gasteiger partial charge on any atom is -0.497 e. The predicted octanol–water partition coefficient (Wildman–Crippen LogP) is 3.68. The van der Waals surface area contributed by atoms with Crippen molar-refractivity contribution >= 4 is 5.90 Å². The molecule has 0 saturated heterocycles. The minimum absolute atomic E-state index is 0.326. The van der Waals surface area contributed by atoms with E-state index in [4.69, 9.17) is 14.2 Å². The van der Waals surface area contributed by atoms with Gasteiger partial charge in [0.05, 0.1) is 20.8 Å². The lowest BCUT2D eigenvalue weighted by molar-refractivity contribution is 0.0870. The summed E-state index contributed by atoms with van der Waals surface area (Å²) in [5, 5.41) is 0. The first-order chi connectivity index (χ1) is 11.6. The molecule has 1 aliphatic rings. The van der Waals surface area contributed by atoms with E-state index < -0.39 is 0 Å². The number of hydrogen-bond donors (Lipinski definition) is 0. The number of nitrogens with zero attached hydrogens (tertiary/aromatic N) is 1. The van der Waals surface area contributed by atoms with Crippen molar-refractivity contribution in [1.29, 1.82) is 0 Å². The van der Waals surface area contributed by atoms with Crippen LogP contribution in [0.3, 0.4) is 0 Å². The van der Waals surface area contributed by atoms with Gasteiger partial charge in [0.1, 0.15) is 17.1 Å². The van der Waals surface area contributed by atoms with Crippen LogP contribution in [0.5, 0.6) is 11.5 Å². The molecule has 0 unspecified atom stereocenters. The molecule has 0 fully saturated rings. The van der Waals surface area contributed by atoms with Gasteiger partial charge in [-0.1, -0.05) is 24.3 Å². The van der Waals surface area contributed by atoms with Crippen molar-refractivity contribution in [3.63, 3.8) is 0 Å². The van der Waals surface area contributed by atoms with Gasteiger partial charge >= 0.3 is 0 Å². The van der Waals surface area contributed by atoms with Crippen LogP contribution in [0.1, 0.15) is 18.1 Å². The second kappa shape index (κ2) is 6.95. The largest absolute Gasteiger partial charge is 0.497 e. The zero-order valence-electron chi connectivity index (χ0n) is 14.4. The highest BCUT2D eigenvalue weighted by Crippen LogP contribution is 2.29. The van der Waals surface area contributed by atoms with Gasteiger partial charge in [0.25, 0.3) is 0 Å². The van der Waals surface area contributed by atoms with E-state index in [1.54, 1.807) is 14.2 Å². The predicted molar refractivity (Wildman–Crippen MR) is 95.2 cm³/mol. The maximum Gasteiger partial charge on any atom is 0.180 e. The molecule has 4 heteroatoms. The molecule has 0 atom stereocenters. The summed E-state index contributed by atoms with van der Waals surface area (Å²) in [5.74, 6) is 2.49. The van der Waals surface area contributed by atoms with Crippen molar-refractivity contribution in [1.82, 2.24) is 0 Å². The molecule has 0 amide bonds. The second-order valence-corrected chi connectivity index (χ2v) is 6.17. The van der Waals surface area contributed by atoms with Crippen molar-refractivity contribution in [3.05, 3.63) is 59.7 Å². The molecule has 4 nitrogen and oxygen atoms in total. The maximum atomic E-state index is 6.16. The second-order valence-electron chi connectivity index (χ2n) is 6.17. The van der Waals surface area contributed by atoms with Gasteiger partial charge in [-0.3, -0.25) is 4.99 Å². The third-order valence-electron chi connectivity index (χ3n) is 4.32. The lowest BCUT2D eigenvalue weighted by Gasteiger charge is -2.28. The highest BCUT2D eigenvalue weighted by atomic mass is 16.5. The van der Waals surface area contributed by atoms with Gasteiger partial charge in [-0.15, -0.1) is 0 Å². The van der Waals surface area contributed by atoms with Crippen LogP contribution < -0.4 is 9.47 Å². The number of hydrogen-bond acceptors (Lipinski definition) is 4. The van der Waals surface area contributed by atoms with Crippen LogP contribution in [-0.2, 0) is 17.6 Å². The molecule has 1 heterocycles. The van der Waals surface area contributed by atoms with Gasteiger partial charge in [0, 0.05) is 19.8 Å². The fourth-order valence-corrected chi connectivity index (χ4v) is 3.11. The zero-order chi connectivity index (χ0) is 17.0. The SMILES string of the molecule is COc1ccc(CC2(Cc3ccc(OC)cc3)CN=C(C)O2)cc1. The molecule has 2 aromatic carbocycles. The summed E-state index contributed by atoms with van der Waals surface area (Å²) in [7, 11) is 3.36. The molecule has 1 aliphatic heterocycles. The number of rotatable bonds is 6. The Bertz CT molecular complexity index is 655. The van der Waals surface area contributed by atoms with Gasteiger partial charge in [-0.25, -0.2) is 0 Å². The summed E-state index contributed by atoms with van der Waals surface area (Å²) < 4.78 is 16.6. The highest BCUT2D eigenvalue weighted by molar-refractivity contribution is 5.75. The summed E-state index contributed by atoms with van der Waals surface area (Å²) in [5.41, 5.74) is 2.11. The Kier molecular flexibility index (Phi) is 4.74. The van der Waals surface area contributed by atoms with Gasteiger partial charge < -0.3 is 14.2 Å². The smallest absolute Gasteiger partial charge is 0.180 e.